The minimum absolute atomic E-state index is 0.201. The van der Waals surface area contributed by atoms with Gasteiger partial charge in [-0.05, 0) is 53.7 Å². The lowest BCUT2D eigenvalue weighted by Gasteiger charge is -2.29. The smallest absolute Gasteiger partial charge is 0.0332 e. The summed E-state index contributed by atoms with van der Waals surface area (Å²) >= 11 is 0. The third-order valence-corrected chi connectivity index (χ3v) is 5.43. The van der Waals surface area contributed by atoms with Gasteiger partial charge in [0.2, 0.25) is 0 Å². The normalized spacial score (nSPS) is 26.1. The van der Waals surface area contributed by atoms with Crippen molar-refractivity contribution in [3.8, 4) is 0 Å². The zero-order chi connectivity index (χ0) is 14.2. The van der Waals surface area contributed by atoms with Crippen LogP contribution in [0.5, 0.6) is 0 Å². The summed E-state index contributed by atoms with van der Waals surface area (Å²) in [5.41, 5.74) is 11.0. The van der Waals surface area contributed by atoms with E-state index in [4.69, 9.17) is 5.73 Å². The first-order chi connectivity index (χ1) is 10.3. The minimum atomic E-state index is 0.201. The molecule has 0 heterocycles. The molecule has 2 fully saturated rings. The van der Waals surface area contributed by atoms with Gasteiger partial charge in [-0.15, -0.1) is 0 Å². The van der Waals surface area contributed by atoms with Gasteiger partial charge in [-0.2, -0.15) is 0 Å². The molecule has 0 saturated heterocycles. The van der Waals surface area contributed by atoms with Gasteiger partial charge in [0, 0.05) is 6.04 Å². The second-order valence-corrected chi connectivity index (χ2v) is 6.70. The molecule has 2 aliphatic rings. The fourth-order valence-corrected chi connectivity index (χ4v) is 3.83. The van der Waals surface area contributed by atoms with Crippen molar-refractivity contribution < 1.29 is 0 Å². The molecule has 1 heteroatoms. The molecule has 0 aromatic heterocycles. The first-order valence-electron chi connectivity index (χ1n) is 8.24. The lowest BCUT2D eigenvalue weighted by molar-refractivity contribution is 0.413. The van der Waals surface area contributed by atoms with Crippen LogP contribution in [0.2, 0.25) is 0 Å². The van der Waals surface area contributed by atoms with E-state index in [2.05, 4.69) is 54.6 Å². The number of nitrogens with two attached hydrogens (primary N) is 1. The van der Waals surface area contributed by atoms with E-state index in [0.717, 1.165) is 5.92 Å². The highest BCUT2D eigenvalue weighted by molar-refractivity contribution is 5.37. The predicted molar refractivity (Wildman–Crippen MR) is 87.3 cm³/mol. The van der Waals surface area contributed by atoms with Gasteiger partial charge in [-0.1, -0.05) is 61.0 Å². The van der Waals surface area contributed by atoms with Gasteiger partial charge in [-0.25, -0.2) is 0 Å². The maximum absolute atomic E-state index is 6.65. The highest BCUT2D eigenvalue weighted by Crippen LogP contribution is 2.54. The maximum Gasteiger partial charge on any atom is 0.0332 e. The average Bonchev–Trinajstić information content (AvgIpc) is 3.27. The Kier molecular flexibility index (Phi) is 3.31. The van der Waals surface area contributed by atoms with Crippen molar-refractivity contribution in [1.29, 1.82) is 0 Å². The molecule has 4 rings (SSSR count). The molecule has 0 amide bonds. The van der Waals surface area contributed by atoms with Crippen LogP contribution in [-0.2, 0) is 0 Å². The Hall–Kier alpha value is -1.60. The Morgan fingerprint density at radius 2 is 1.62 bits per heavy atom. The van der Waals surface area contributed by atoms with Crippen molar-refractivity contribution in [3.05, 3.63) is 71.3 Å². The summed E-state index contributed by atoms with van der Waals surface area (Å²) in [6.45, 7) is 0. The van der Waals surface area contributed by atoms with Crippen molar-refractivity contribution in [2.75, 3.05) is 0 Å². The Morgan fingerprint density at radius 3 is 2.33 bits per heavy atom. The lowest BCUT2D eigenvalue weighted by atomic mass is 9.76. The molecule has 0 radical (unpaired) electrons. The molecule has 2 aromatic carbocycles. The Balaban J connectivity index is 1.55. The maximum atomic E-state index is 6.65. The summed E-state index contributed by atoms with van der Waals surface area (Å²) in [7, 11) is 0. The molecule has 0 aliphatic heterocycles. The van der Waals surface area contributed by atoms with Gasteiger partial charge in [0.05, 0.1) is 0 Å². The fourth-order valence-electron chi connectivity index (χ4n) is 3.83. The number of benzene rings is 2. The van der Waals surface area contributed by atoms with Gasteiger partial charge in [0.1, 0.15) is 0 Å². The molecule has 2 aromatic rings. The molecular formula is C20H23N. The molecule has 0 spiro atoms. The molecule has 108 valence electrons. The summed E-state index contributed by atoms with van der Waals surface area (Å²) in [5, 5.41) is 0. The van der Waals surface area contributed by atoms with E-state index in [9.17, 15) is 0 Å². The molecule has 2 N–H and O–H groups in total. The molecule has 3 atom stereocenters. The van der Waals surface area contributed by atoms with E-state index in [1.807, 2.05) is 0 Å². The van der Waals surface area contributed by atoms with E-state index in [1.54, 1.807) is 0 Å². The van der Waals surface area contributed by atoms with Crippen LogP contribution in [-0.4, -0.2) is 0 Å². The third kappa shape index (κ3) is 2.40. The van der Waals surface area contributed by atoms with Crippen LogP contribution in [0.3, 0.4) is 0 Å². The van der Waals surface area contributed by atoms with Gasteiger partial charge >= 0.3 is 0 Å². The van der Waals surface area contributed by atoms with E-state index >= 15 is 0 Å². The van der Waals surface area contributed by atoms with Crippen molar-refractivity contribution in [1.82, 2.24) is 0 Å². The lowest BCUT2D eigenvalue weighted by Crippen LogP contribution is -2.19. The van der Waals surface area contributed by atoms with Gasteiger partial charge in [0.25, 0.3) is 0 Å². The zero-order valence-electron chi connectivity index (χ0n) is 12.4. The first-order valence-corrected chi connectivity index (χ1v) is 8.24. The van der Waals surface area contributed by atoms with Crippen LogP contribution in [0.25, 0.3) is 0 Å². The van der Waals surface area contributed by atoms with Gasteiger partial charge in [0.15, 0.2) is 0 Å². The highest BCUT2D eigenvalue weighted by Gasteiger charge is 2.43. The molecule has 21 heavy (non-hydrogen) atoms. The second-order valence-electron chi connectivity index (χ2n) is 6.70. The number of hydrogen-bond donors (Lipinski definition) is 1. The molecular weight excluding hydrogens is 254 g/mol. The summed E-state index contributed by atoms with van der Waals surface area (Å²) in [5.74, 6) is 2.05. The third-order valence-electron chi connectivity index (χ3n) is 5.43. The van der Waals surface area contributed by atoms with Crippen LogP contribution in [0, 0.1) is 5.92 Å². The standard InChI is InChI=1S/C20H23N/c21-20(19-13-18(19)15-7-2-1-3-8-15)17-12-5-4-11-16(17)14-9-6-10-14/h1-5,7-8,11-12,14,18-20H,6,9-10,13,21H2. The molecule has 3 unspecified atom stereocenters. The van der Waals surface area contributed by atoms with Crippen molar-refractivity contribution in [2.45, 2.75) is 43.6 Å². The van der Waals surface area contributed by atoms with Gasteiger partial charge < -0.3 is 5.73 Å². The Labute approximate surface area is 127 Å². The van der Waals surface area contributed by atoms with Crippen LogP contribution < -0.4 is 5.73 Å². The van der Waals surface area contributed by atoms with Crippen LogP contribution in [0.1, 0.15) is 60.3 Å². The van der Waals surface area contributed by atoms with E-state index < -0.39 is 0 Å². The van der Waals surface area contributed by atoms with Gasteiger partial charge in [-0.3, -0.25) is 0 Å². The molecule has 1 nitrogen and oxygen atoms in total. The Bertz CT molecular complexity index is 615. The minimum Gasteiger partial charge on any atom is -0.324 e. The summed E-state index contributed by atoms with van der Waals surface area (Å²) < 4.78 is 0. The van der Waals surface area contributed by atoms with Crippen molar-refractivity contribution >= 4 is 0 Å². The highest BCUT2D eigenvalue weighted by atomic mass is 14.7. The van der Waals surface area contributed by atoms with Crippen LogP contribution in [0.4, 0.5) is 0 Å². The van der Waals surface area contributed by atoms with Crippen LogP contribution in [0.15, 0.2) is 54.6 Å². The average molecular weight is 277 g/mol. The van der Waals surface area contributed by atoms with E-state index in [-0.39, 0.29) is 6.04 Å². The predicted octanol–water partition coefficient (Wildman–Crippen LogP) is 4.76. The number of rotatable bonds is 4. The number of hydrogen-bond acceptors (Lipinski definition) is 1. The van der Waals surface area contributed by atoms with Crippen molar-refractivity contribution in [3.63, 3.8) is 0 Å². The summed E-state index contributed by atoms with van der Waals surface area (Å²) in [6.07, 6.45) is 5.31. The van der Waals surface area contributed by atoms with E-state index in [1.165, 1.54) is 42.4 Å². The summed E-state index contributed by atoms with van der Waals surface area (Å²) in [4.78, 5) is 0. The SMILES string of the molecule is NC(c1ccccc1C1CCC1)C1CC1c1ccccc1. The van der Waals surface area contributed by atoms with Crippen molar-refractivity contribution in [2.24, 2.45) is 11.7 Å². The molecule has 2 saturated carbocycles. The topological polar surface area (TPSA) is 26.0 Å². The molecule has 0 bridgehead atoms. The molecule has 2 aliphatic carbocycles. The first kappa shape index (κ1) is 13.1. The zero-order valence-corrected chi connectivity index (χ0v) is 12.4. The fraction of sp³-hybridized carbons (Fsp3) is 0.400. The van der Waals surface area contributed by atoms with Crippen LogP contribution >= 0.6 is 0 Å². The van der Waals surface area contributed by atoms with E-state index in [0.29, 0.717) is 11.8 Å². The monoisotopic (exact) mass is 277 g/mol. The summed E-state index contributed by atoms with van der Waals surface area (Å²) in [6, 6.07) is 19.9. The Morgan fingerprint density at radius 1 is 0.905 bits per heavy atom. The quantitative estimate of drug-likeness (QED) is 0.857. The largest absolute Gasteiger partial charge is 0.324 e. The second kappa shape index (κ2) is 5.31.